The highest BCUT2D eigenvalue weighted by Crippen LogP contribution is 2.36. The quantitative estimate of drug-likeness (QED) is 0.864. The van der Waals surface area contributed by atoms with Crippen LogP contribution in [0.1, 0.15) is 25.7 Å². The number of carbonyl (C=O) groups excluding carboxylic acids is 2. The summed E-state index contributed by atoms with van der Waals surface area (Å²) in [4.78, 5) is 25.4. The van der Waals surface area contributed by atoms with Crippen molar-refractivity contribution in [1.29, 1.82) is 0 Å². The summed E-state index contributed by atoms with van der Waals surface area (Å²) in [5.74, 6) is 0.401. The number of amides is 1. The molecule has 1 fully saturated rings. The summed E-state index contributed by atoms with van der Waals surface area (Å²) in [7, 11) is 0. The van der Waals surface area contributed by atoms with Crippen molar-refractivity contribution >= 4 is 39.0 Å². The Balaban J connectivity index is 1.94. The van der Waals surface area contributed by atoms with E-state index in [1.807, 2.05) is 23.1 Å². The van der Waals surface area contributed by atoms with Gasteiger partial charge in [0.15, 0.2) is 0 Å². The summed E-state index contributed by atoms with van der Waals surface area (Å²) in [6.07, 6.45) is 2.73. The summed E-state index contributed by atoms with van der Waals surface area (Å²) in [5.41, 5.74) is 1.91. The van der Waals surface area contributed by atoms with Crippen molar-refractivity contribution < 1.29 is 9.59 Å². The van der Waals surface area contributed by atoms with Crippen LogP contribution in [0.4, 0.5) is 11.4 Å². The van der Waals surface area contributed by atoms with Crippen molar-refractivity contribution in [3.8, 4) is 0 Å². The van der Waals surface area contributed by atoms with Gasteiger partial charge in [-0.25, -0.2) is 0 Å². The molecule has 0 spiro atoms. The van der Waals surface area contributed by atoms with E-state index in [-0.39, 0.29) is 11.9 Å². The molecule has 0 saturated heterocycles. The molecule has 0 unspecified atom stereocenters. The Morgan fingerprint density at radius 1 is 1.21 bits per heavy atom. The first-order valence-electron chi connectivity index (χ1n) is 6.52. The van der Waals surface area contributed by atoms with Crippen LogP contribution < -0.4 is 10.2 Å². The monoisotopic (exact) mass is 322 g/mol. The molecule has 1 N–H and O–H groups in total. The minimum Gasteiger partial charge on any atom is -0.374 e. The Bertz CT molecular complexity index is 534. The number of hydrogen-bond acceptors (Lipinski definition) is 3. The van der Waals surface area contributed by atoms with Gasteiger partial charge in [-0.1, -0.05) is 15.9 Å². The summed E-state index contributed by atoms with van der Waals surface area (Å²) in [6, 6.07) is 6.06. The summed E-state index contributed by atoms with van der Waals surface area (Å²) in [6.45, 7) is 0.332. The van der Waals surface area contributed by atoms with E-state index in [4.69, 9.17) is 0 Å². The molecular formula is C14H15BrN2O2. The Morgan fingerprint density at radius 3 is 2.68 bits per heavy atom. The van der Waals surface area contributed by atoms with E-state index in [1.165, 1.54) is 0 Å². The number of carbonyl (C=O) groups is 2. The molecule has 1 aromatic rings. The van der Waals surface area contributed by atoms with Crippen molar-refractivity contribution in [1.82, 2.24) is 0 Å². The predicted molar refractivity (Wildman–Crippen MR) is 77.4 cm³/mol. The molecule has 4 nitrogen and oxygen atoms in total. The number of anilines is 2. The third-order valence-electron chi connectivity index (χ3n) is 3.80. The van der Waals surface area contributed by atoms with E-state index >= 15 is 0 Å². The van der Waals surface area contributed by atoms with Gasteiger partial charge in [0, 0.05) is 23.4 Å². The number of halogens is 1. The zero-order chi connectivity index (χ0) is 13.4. The molecule has 0 atom stereocenters. The SMILES string of the molecule is O=C1CCC(N2C(=O)CNc3ccc(Br)cc32)CC1. The van der Waals surface area contributed by atoms with Crippen LogP contribution >= 0.6 is 15.9 Å². The molecule has 1 aliphatic carbocycles. The standard InChI is InChI=1S/C14H15BrN2O2/c15-9-1-6-12-13(7-9)17(14(19)8-16-12)10-2-4-11(18)5-3-10/h1,6-7,10,16H,2-5,8H2. The number of benzene rings is 1. The summed E-state index contributed by atoms with van der Waals surface area (Å²) < 4.78 is 0.958. The van der Waals surface area contributed by atoms with Gasteiger partial charge in [-0.15, -0.1) is 0 Å². The minimum absolute atomic E-state index is 0.0879. The second-order valence-corrected chi connectivity index (χ2v) is 5.96. The molecule has 1 aromatic carbocycles. The van der Waals surface area contributed by atoms with Gasteiger partial charge in [0.1, 0.15) is 5.78 Å². The largest absolute Gasteiger partial charge is 0.374 e. The number of nitrogens with zero attached hydrogens (tertiary/aromatic N) is 1. The van der Waals surface area contributed by atoms with Crippen molar-refractivity contribution in [3.05, 3.63) is 22.7 Å². The van der Waals surface area contributed by atoms with Gasteiger partial charge < -0.3 is 10.2 Å². The Labute approximate surface area is 120 Å². The fourth-order valence-corrected chi connectivity index (χ4v) is 3.18. The zero-order valence-corrected chi connectivity index (χ0v) is 12.1. The van der Waals surface area contributed by atoms with Crippen LogP contribution in [0.15, 0.2) is 22.7 Å². The third-order valence-corrected chi connectivity index (χ3v) is 4.29. The zero-order valence-electron chi connectivity index (χ0n) is 10.5. The molecule has 19 heavy (non-hydrogen) atoms. The molecule has 1 heterocycles. The summed E-state index contributed by atoms with van der Waals surface area (Å²) in [5, 5.41) is 3.14. The van der Waals surface area contributed by atoms with Crippen molar-refractivity contribution in [2.45, 2.75) is 31.7 Å². The van der Waals surface area contributed by atoms with Gasteiger partial charge in [0.05, 0.1) is 17.9 Å². The summed E-state index contributed by atoms with van der Waals surface area (Å²) >= 11 is 3.45. The maximum atomic E-state index is 12.2. The molecule has 5 heteroatoms. The predicted octanol–water partition coefficient (Wildman–Crippen LogP) is 2.72. The van der Waals surface area contributed by atoms with Crippen LogP contribution in [-0.2, 0) is 9.59 Å². The maximum Gasteiger partial charge on any atom is 0.246 e. The van der Waals surface area contributed by atoms with E-state index in [0.717, 1.165) is 28.7 Å². The van der Waals surface area contributed by atoms with Gasteiger partial charge >= 0.3 is 0 Å². The lowest BCUT2D eigenvalue weighted by atomic mass is 9.92. The van der Waals surface area contributed by atoms with Crippen molar-refractivity contribution in [2.24, 2.45) is 0 Å². The number of rotatable bonds is 1. The Hall–Kier alpha value is -1.36. The first kappa shape index (κ1) is 12.7. The normalized spacial score (nSPS) is 20.2. The van der Waals surface area contributed by atoms with Crippen LogP contribution in [0.2, 0.25) is 0 Å². The van der Waals surface area contributed by atoms with Crippen molar-refractivity contribution in [3.63, 3.8) is 0 Å². The highest BCUT2D eigenvalue weighted by atomic mass is 79.9. The number of hydrogen-bond donors (Lipinski definition) is 1. The first-order valence-corrected chi connectivity index (χ1v) is 7.31. The second kappa shape index (κ2) is 4.96. The van der Waals surface area contributed by atoms with Crippen LogP contribution in [0.25, 0.3) is 0 Å². The number of ketones is 1. The second-order valence-electron chi connectivity index (χ2n) is 5.05. The van der Waals surface area contributed by atoms with Crippen LogP contribution in [0, 0.1) is 0 Å². The molecule has 0 radical (unpaired) electrons. The smallest absolute Gasteiger partial charge is 0.246 e. The average Bonchev–Trinajstić information content (AvgIpc) is 2.40. The molecule has 1 amide bonds. The third kappa shape index (κ3) is 2.39. The molecule has 0 aromatic heterocycles. The molecule has 0 bridgehead atoms. The number of nitrogens with one attached hydrogen (secondary N) is 1. The van der Waals surface area contributed by atoms with E-state index in [1.54, 1.807) is 0 Å². The van der Waals surface area contributed by atoms with Gasteiger partial charge in [0.2, 0.25) is 5.91 Å². The first-order chi connectivity index (χ1) is 9.15. The van der Waals surface area contributed by atoms with Crippen LogP contribution in [0.5, 0.6) is 0 Å². The number of Topliss-reactive ketones (excluding diaryl/α,β-unsaturated/α-hetero) is 1. The van der Waals surface area contributed by atoms with Gasteiger partial charge in [-0.05, 0) is 31.0 Å². The van der Waals surface area contributed by atoms with E-state index < -0.39 is 0 Å². The Kier molecular flexibility index (Phi) is 3.31. The molecule has 100 valence electrons. The fourth-order valence-electron chi connectivity index (χ4n) is 2.83. The van der Waals surface area contributed by atoms with Crippen LogP contribution in [0.3, 0.4) is 0 Å². The maximum absolute atomic E-state index is 12.2. The topological polar surface area (TPSA) is 49.4 Å². The van der Waals surface area contributed by atoms with Crippen molar-refractivity contribution in [2.75, 3.05) is 16.8 Å². The van der Waals surface area contributed by atoms with Gasteiger partial charge in [0.25, 0.3) is 0 Å². The van der Waals surface area contributed by atoms with E-state index in [0.29, 0.717) is 25.2 Å². The molecule has 2 aliphatic rings. The fraction of sp³-hybridized carbons (Fsp3) is 0.429. The van der Waals surface area contributed by atoms with E-state index in [2.05, 4.69) is 21.2 Å². The average molecular weight is 323 g/mol. The lowest BCUT2D eigenvalue weighted by molar-refractivity contribution is -0.122. The highest BCUT2D eigenvalue weighted by molar-refractivity contribution is 9.10. The van der Waals surface area contributed by atoms with E-state index in [9.17, 15) is 9.59 Å². The van der Waals surface area contributed by atoms with Gasteiger partial charge in [-0.2, -0.15) is 0 Å². The number of fused-ring (bicyclic) bond motifs is 1. The Morgan fingerprint density at radius 2 is 1.95 bits per heavy atom. The molecular weight excluding hydrogens is 308 g/mol. The molecule has 1 aliphatic heterocycles. The highest BCUT2D eigenvalue weighted by Gasteiger charge is 2.32. The van der Waals surface area contributed by atoms with Crippen LogP contribution in [-0.4, -0.2) is 24.3 Å². The lowest BCUT2D eigenvalue weighted by Gasteiger charge is -2.38. The molecule has 3 rings (SSSR count). The lowest BCUT2D eigenvalue weighted by Crippen LogP contribution is -2.47. The minimum atomic E-state index is 0.0879. The van der Waals surface area contributed by atoms with Gasteiger partial charge in [-0.3, -0.25) is 9.59 Å². The molecule has 1 saturated carbocycles.